The number of carbonyl (C=O) groups is 1. The van der Waals surface area contributed by atoms with E-state index in [9.17, 15) is 18.1 Å². The number of thiophene rings is 1. The second-order valence-electron chi connectivity index (χ2n) is 7.07. The Kier molecular flexibility index (Phi) is 5.66. The van der Waals surface area contributed by atoms with E-state index in [0.717, 1.165) is 17.4 Å². The van der Waals surface area contributed by atoms with Crippen LogP contribution >= 0.6 is 11.3 Å². The third kappa shape index (κ3) is 4.70. The molecule has 3 aromatic rings. The summed E-state index contributed by atoms with van der Waals surface area (Å²) in [5.74, 6) is -0.217. The Morgan fingerprint density at radius 1 is 1.16 bits per heavy atom. The molecule has 2 N–H and O–H groups in total. The maximum absolute atomic E-state index is 13.1. The lowest BCUT2D eigenvalue weighted by Crippen LogP contribution is -2.55. The highest BCUT2D eigenvalue weighted by atomic mass is 32.2. The summed E-state index contributed by atoms with van der Waals surface area (Å²) in [7, 11) is -3.37. The number of nitrogens with zero attached hydrogens (tertiary/aromatic N) is 2. The van der Waals surface area contributed by atoms with E-state index in [1.807, 2.05) is 22.7 Å². The minimum atomic E-state index is -3.37. The monoisotopic (exact) mass is 455 g/mol. The fourth-order valence-electron chi connectivity index (χ4n) is 3.40. The van der Waals surface area contributed by atoms with Gasteiger partial charge < -0.3 is 0 Å². The molecule has 1 aliphatic rings. The van der Waals surface area contributed by atoms with Gasteiger partial charge in [0.1, 0.15) is 0 Å². The SMILES string of the molecule is CS(=O)(=O)Nc1ccc(C2=NN(C(=O)c3cccs3)C(c3cccc([NH+]=O)c3)C2)cc1. The Labute approximate surface area is 183 Å². The Bertz CT molecular complexity index is 1250. The van der Waals surface area contributed by atoms with Crippen LogP contribution in [0, 0.1) is 4.91 Å². The number of carbonyl (C=O) groups excluding carboxylic acids is 1. The molecular formula is C21H19N4O4S2+. The molecule has 10 heteroatoms. The number of nitrogens with one attached hydrogen (secondary N) is 2. The van der Waals surface area contributed by atoms with Crippen molar-refractivity contribution < 1.29 is 18.4 Å². The van der Waals surface area contributed by atoms with Gasteiger partial charge in [0.15, 0.2) is 0 Å². The van der Waals surface area contributed by atoms with Crippen molar-refractivity contribution in [2.45, 2.75) is 12.5 Å². The number of hydrogen-bond acceptors (Lipinski definition) is 6. The van der Waals surface area contributed by atoms with E-state index in [4.69, 9.17) is 0 Å². The Balaban J connectivity index is 1.68. The molecule has 1 aliphatic heterocycles. The normalized spacial score (nSPS) is 16.1. The van der Waals surface area contributed by atoms with Gasteiger partial charge in [-0.15, -0.1) is 11.3 Å². The summed E-state index contributed by atoms with van der Waals surface area (Å²) in [6.45, 7) is 0. The topological polar surface area (TPSA) is 110 Å². The predicted octanol–water partition coefficient (Wildman–Crippen LogP) is 2.59. The molecule has 0 spiro atoms. The van der Waals surface area contributed by atoms with Gasteiger partial charge >= 0.3 is 0 Å². The number of sulfonamides is 1. The van der Waals surface area contributed by atoms with E-state index in [-0.39, 0.29) is 11.9 Å². The van der Waals surface area contributed by atoms with Crippen molar-refractivity contribution in [1.82, 2.24) is 5.01 Å². The molecule has 2 aromatic carbocycles. The zero-order valence-electron chi connectivity index (χ0n) is 16.5. The van der Waals surface area contributed by atoms with Crippen molar-refractivity contribution in [2.24, 2.45) is 5.10 Å². The molecule has 1 aromatic heterocycles. The molecule has 0 bridgehead atoms. The largest absolute Gasteiger partial charge is 0.284 e. The third-order valence-corrected chi connectivity index (χ3v) is 6.23. The molecule has 0 saturated carbocycles. The van der Waals surface area contributed by atoms with Crippen LogP contribution in [0.15, 0.2) is 71.1 Å². The third-order valence-electron chi connectivity index (χ3n) is 4.76. The molecule has 1 amide bonds. The van der Waals surface area contributed by atoms with E-state index < -0.39 is 10.0 Å². The van der Waals surface area contributed by atoms with E-state index in [2.05, 4.69) is 9.82 Å². The molecule has 2 heterocycles. The van der Waals surface area contributed by atoms with Crippen LogP contribution in [0.4, 0.5) is 11.4 Å². The fourth-order valence-corrected chi connectivity index (χ4v) is 4.62. The molecule has 4 rings (SSSR count). The van der Waals surface area contributed by atoms with Crippen LogP contribution in [-0.2, 0) is 10.0 Å². The second kappa shape index (κ2) is 8.40. The number of rotatable bonds is 6. The summed E-state index contributed by atoms with van der Waals surface area (Å²) in [6, 6.07) is 17.0. The Morgan fingerprint density at radius 3 is 2.58 bits per heavy atom. The zero-order chi connectivity index (χ0) is 22.0. The lowest BCUT2D eigenvalue weighted by atomic mass is 9.98. The first-order chi connectivity index (χ1) is 14.8. The molecular weight excluding hydrogens is 436 g/mol. The molecule has 0 fully saturated rings. The summed E-state index contributed by atoms with van der Waals surface area (Å²) in [5, 5.41) is 9.77. The Morgan fingerprint density at radius 2 is 1.94 bits per heavy atom. The van der Waals surface area contributed by atoms with E-state index in [1.165, 1.54) is 16.3 Å². The standard InChI is InChI=1S/C21H18N4O4S2/c1-31(28,29)24-16-9-7-14(8-10-16)18-13-19(15-4-2-5-17(12-15)23-27)25(22-18)21(26)20-6-3-11-30-20/h2-12,19,24H,13H2,1H3/p+1. The highest BCUT2D eigenvalue weighted by molar-refractivity contribution is 7.92. The van der Waals surface area contributed by atoms with Gasteiger partial charge in [-0.1, -0.05) is 30.3 Å². The highest BCUT2D eigenvalue weighted by Crippen LogP contribution is 2.35. The number of anilines is 1. The van der Waals surface area contributed by atoms with Gasteiger partial charge in [-0.3, -0.25) is 9.52 Å². The smallest absolute Gasteiger partial charge is 0.284 e. The summed E-state index contributed by atoms with van der Waals surface area (Å²) >= 11 is 1.34. The summed E-state index contributed by atoms with van der Waals surface area (Å²) in [4.78, 5) is 24.8. The maximum Gasteiger partial charge on any atom is 0.284 e. The van der Waals surface area contributed by atoms with Crippen molar-refractivity contribution in [3.8, 4) is 0 Å². The number of amides is 1. The van der Waals surface area contributed by atoms with Crippen molar-refractivity contribution in [3.05, 3.63) is 87.0 Å². The zero-order valence-corrected chi connectivity index (χ0v) is 18.1. The van der Waals surface area contributed by atoms with Gasteiger partial charge in [-0.05, 0) is 34.7 Å². The first-order valence-corrected chi connectivity index (χ1v) is 12.1. The molecule has 1 unspecified atom stereocenters. The van der Waals surface area contributed by atoms with Crippen LogP contribution < -0.4 is 9.90 Å². The number of benzene rings is 2. The predicted molar refractivity (Wildman–Crippen MR) is 120 cm³/mol. The van der Waals surface area contributed by atoms with Gasteiger partial charge in [0, 0.05) is 34.3 Å². The van der Waals surface area contributed by atoms with Crippen LogP contribution in [-0.4, -0.2) is 31.3 Å². The number of hydrogen-bond donors (Lipinski definition) is 2. The molecule has 8 nitrogen and oxygen atoms in total. The van der Waals surface area contributed by atoms with E-state index in [0.29, 0.717) is 28.4 Å². The summed E-state index contributed by atoms with van der Waals surface area (Å²) < 4.78 is 25.3. The van der Waals surface area contributed by atoms with Crippen molar-refractivity contribution in [2.75, 3.05) is 11.0 Å². The molecule has 31 heavy (non-hydrogen) atoms. The molecule has 0 aliphatic carbocycles. The van der Waals surface area contributed by atoms with Gasteiger partial charge in [0.25, 0.3) is 11.6 Å². The highest BCUT2D eigenvalue weighted by Gasteiger charge is 2.34. The lowest BCUT2D eigenvalue weighted by molar-refractivity contribution is -0.379. The van der Waals surface area contributed by atoms with Crippen LogP contribution in [0.1, 0.15) is 33.3 Å². The average molecular weight is 456 g/mol. The van der Waals surface area contributed by atoms with Gasteiger partial charge in [0.2, 0.25) is 10.0 Å². The summed E-state index contributed by atoms with van der Waals surface area (Å²) in [6.07, 6.45) is 1.55. The van der Waals surface area contributed by atoms with Crippen LogP contribution in [0.25, 0.3) is 0 Å². The quantitative estimate of drug-likeness (QED) is 0.595. The van der Waals surface area contributed by atoms with Crippen molar-refractivity contribution in [3.63, 3.8) is 0 Å². The number of nitroso groups, excluding NO2 is 1. The fraction of sp³-hybridized carbons (Fsp3) is 0.143. The molecule has 0 saturated heterocycles. The van der Waals surface area contributed by atoms with E-state index >= 15 is 0 Å². The van der Waals surface area contributed by atoms with Gasteiger partial charge in [-0.25, -0.2) is 13.4 Å². The lowest BCUT2D eigenvalue weighted by Gasteiger charge is -2.21. The number of hydrazone groups is 1. The van der Waals surface area contributed by atoms with Crippen LogP contribution in [0.3, 0.4) is 0 Å². The van der Waals surface area contributed by atoms with E-state index in [1.54, 1.807) is 48.5 Å². The van der Waals surface area contributed by atoms with Crippen molar-refractivity contribution >= 4 is 44.4 Å². The van der Waals surface area contributed by atoms with Gasteiger partial charge in [-0.2, -0.15) is 5.10 Å². The average Bonchev–Trinajstić information content (AvgIpc) is 3.43. The van der Waals surface area contributed by atoms with Crippen molar-refractivity contribution in [1.29, 1.82) is 0 Å². The van der Waals surface area contributed by atoms with Crippen LogP contribution in [0.2, 0.25) is 0 Å². The molecule has 1 atom stereocenters. The minimum absolute atomic E-state index is 0.217. The Hall–Kier alpha value is -3.37. The summed E-state index contributed by atoms with van der Waals surface area (Å²) in [5.41, 5.74) is 3.12. The maximum atomic E-state index is 13.1. The minimum Gasteiger partial charge on any atom is -0.284 e. The molecule has 158 valence electrons. The van der Waals surface area contributed by atoms with Gasteiger partial charge in [0.05, 0.1) is 22.9 Å². The second-order valence-corrected chi connectivity index (χ2v) is 9.77. The first-order valence-electron chi connectivity index (χ1n) is 9.35. The molecule has 0 radical (unpaired) electrons. The first kappa shape index (κ1) is 20.9. The van der Waals surface area contributed by atoms with Crippen LogP contribution in [0.5, 0.6) is 0 Å².